The van der Waals surface area contributed by atoms with Gasteiger partial charge < -0.3 is 26.0 Å². The molecule has 0 saturated carbocycles. The molecule has 12 heteroatoms. The minimum Gasteiger partial charge on any atom is -0.391 e. The topological polar surface area (TPSA) is 169 Å². The van der Waals surface area contributed by atoms with Crippen LogP contribution in [0.3, 0.4) is 0 Å². The first kappa shape index (κ1) is 27.8. The Hall–Kier alpha value is -3.22. The maximum atomic E-state index is 13.5. The Labute approximate surface area is 222 Å². The van der Waals surface area contributed by atoms with E-state index in [-0.39, 0.29) is 35.3 Å². The zero-order valence-electron chi connectivity index (χ0n) is 21.5. The van der Waals surface area contributed by atoms with Gasteiger partial charge in [0.2, 0.25) is 21.8 Å². The van der Waals surface area contributed by atoms with E-state index in [1.54, 1.807) is 21.9 Å². The molecule has 0 radical (unpaired) electrons. The highest BCUT2D eigenvalue weighted by atomic mass is 32.2. The number of amides is 2. The number of carbonyl (C=O) groups excluding carboxylic acids is 2. The number of hydrogen-bond donors (Lipinski definition) is 5. The molecule has 6 N–H and O–H groups in total. The van der Waals surface area contributed by atoms with E-state index in [2.05, 4.69) is 10.0 Å². The lowest BCUT2D eigenvalue weighted by Gasteiger charge is -2.33. The predicted octanol–water partition coefficient (Wildman–Crippen LogP) is 0.580. The monoisotopic (exact) mass is 544 g/mol. The summed E-state index contributed by atoms with van der Waals surface area (Å²) in [5.41, 5.74) is 5.58. The molecule has 0 spiro atoms. The number of nitrogens with two attached hydrogens (primary N) is 1. The number of piperidine rings is 1. The van der Waals surface area contributed by atoms with Crippen LogP contribution < -0.4 is 15.8 Å². The number of benzene rings is 2. The second-order valence-electron chi connectivity index (χ2n) is 10.1. The summed E-state index contributed by atoms with van der Waals surface area (Å²) in [4.78, 5) is 29.5. The molecule has 2 aromatic rings. The number of guanidine groups is 1. The summed E-state index contributed by atoms with van der Waals surface area (Å²) in [7, 11) is -4.10. The second-order valence-corrected chi connectivity index (χ2v) is 11.8. The highest BCUT2D eigenvalue weighted by Crippen LogP contribution is 2.22. The van der Waals surface area contributed by atoms with Crippen molar-refractivity contribution in [2.45, 2.75) is 55.7 Å². The van der Waals surface area contributed by atoms with E-state index in [1.165, 1.54) is 19.1 Å². The Kier molecular flexibility index (Phi) is 8.54. The van der Waals surface area contributed by atoms with Crippen molar-refractivity contribution in [3.8, 4) is 0 Å². The van der Waals surface area contributed by atoms with Gasteiger partial charge in [-0.1, -0.05) is 30.3 Å². The van der Waals surface area contributed by atoms with Gasteiger partial charge in [-0.05, 0) is 55.5 Å². The molecule has 2 aliphatic heterocycles. The second kappa shape index (κ2) is 11.7. The maximum Gasteiger partial charge on any atom is 0.243 e. The first-order chi connectivity index (χ1) is 18.1. The zero-order valence-corrected chi connectivity index (χ0v) is 22.3. The Morgan fingerprint density at radius 2 is 1.84 bits per heavy atom. The number of aliphatic hydroxyl groups is 1. The number of rotatable bonds is 8. The van der Waals surface area contributed by atoms with Gasteiger partial charge in [-0.25, -0.2) is 8.42 Å². The summed E-state index contributed by atoms with van der Waals surface area (Å²) < 4.78 is 28.8. The molecule has 2 aliphatic rings. The highest BCUT2D eigenvalue weighted by molar-refractivity contribution is 7.89. The van der Waals surface area contributed by atoms with E-state index in [9.17, 15) is 23.1 Å². The van der Waals surface area contributed by atoms with Crippen molar-refractivity contribution in [2.75, 3.05) is 26.2 Å². The van der Waals surface area contributed by atoms with Crippen molar-refractivity contribution < 1.29 is 23.1 Å². The Morgan fingerprint density at radius 1 is 1.13 bits per heavy atom. The number of nitrogens with one attached hydrogen (secondary N) is 3. The van der Waals surface area contributed by atoms with Crippen LogP contribution in [-0.4, -0.2) is 85.5 Å². The van der Waals surface area contributed by atoms with E-state index in [4.69, 9.17) is 11.1 Å². The van der Waals surface area contributed by atoms with Crippen LogP contribution in [0.4, 0.5) is 0 Å². The summed E-state index contributed by atoms with van der Waals surface area (Å²) in [5, 5.41) is 22.6. The molecule has 2 saturated heterocycles. The van der Waals surface area contributed by atoms with Gasteiger partial charge in [0.1, 0.15) is 6.04 Å². The van der Waals surface area contributed by atoms with E-state index >= 15 is 0 Å². The van der Waals surface area contributed by atoms with Crippen molar-refractivity contribution >= 4 is 38.6 Å². The van der Waals surface area contributed by atoms with Gasteiger partial charge in [0.05, 0.1) is 16.9 Å². The van der Waals surface area contributed by atoms with Crippen LogP contribution in [-0.2, 0) is 19.6 Å². The van der Waals surface area contributed by atoms with E-state index < -0.39 is 28.1 Å². The summed E-state index contributed by atoms with van der Waals surface area (Å²) >= 11 is 0. The average molecular weight is 545 g/mol. The summed E-state index contributed by atoms with van der Waals surface area (Å²) in [5.74, 6) is -1.02. The van der Waals surface area contributed by atoms with E-state index in [0.29, 0.717) is 38.9 Å². The van der Waals surface area contributed by atoms with Gasteiger partial charge in [-0.15, -0.1) is 0 Å². The third-order valence-corrected chi connectivity index (χ3v) is 8.81. The Balaban J connectivity index is 1.42. The number of aliphatic hydroxyl groups excluding tert-OH is 1. The molecule has 2 aromatic carbocycles. The van der Waals surface area contributed by atoms with Gasteiger partial charge in [-0.3, -0.25) is 15.0 Å². The van der Waals surface area contributed by atoms with Crippen LogP contribution in [0.5, 0.6) is 0 Å². The van der Waals surface area contributed by atoms with Crippen LogP contribution >= 0.6 is 0 Å². The zero-order chi connectivity index (χ0) is 27.4. The molecule has 2 fully saturated rings. The van der Waals surface area contributed by atoms with Crippen molar-refractivity contribution in [3.05, 3.63) is 42.5 Å². The molecule has 38 heavy (non-hydrogen) atoms. The van der Waals surface area contributed by atoms with Gasteiger partial charge in [0.15, 0.2) is 5.96 Å². The van der Waals surface area contributed by atoms with Crippen LogP contribution in [0.25, 0.3) is 10.8 Å². The van der Waals surface area contributed by atoms with Gasteiger partial charge in [-0.2, -0.15) is 4.72 Å². The minimum atomic E-state index is -4.10. The fourth-order valence-corrected chi connectivity index (χ4v) is 6.51. The SMILES string of the molecule is C[C@H](O)[C@H](NS(=O)(=O)c1ccc2ccccc2c1)C(=O)N1CCC[C@H]1CNC(=O)[C@H]1CCCN(C(=N)N)C1. The number of likely N-dealkylation sites (tertiary alicyclic amines) is 2. The van der Waals surface area contributed by atoms with Crippen molar-refractivity contribution in [3.63, 3.8) is 0 Å². The molecule has 2 amide bonds. The lowest BCUT2D eigenvalue weighted by atomic mass is 9.97. The third-order valence-electron chi connectivity index (χ3n) is 7.37. The quantitative estimate of drug-likeness (QED) is 0.239. The number of hydrogen-bond acceptors (Lipinski definition) is 6. The van der Waals surface area contributed by atoms with Gasteiger partial charge in [0.25, 0.3) is 0 Å². The fraction of sp³-hybridized carbons (Fsp3) is 0.500. The molecule has 0 aliphatic carbocycles. The minimum absolute atomic E-state index is 0.00646. The third kappa shape index (κ3) is 6.25. The smallest absolute Gasteiger partial charge is 0.243 e. The Bertz CT molecular complexity index is 1300. The number of fused-ring (bicyclic) bond motifs is 1. The fourth-order valence-electron chi connectivity index (χ4n) is 5.21. The first-order valence-corrected chi connectivity index (χ1v) is 14.4. The molecule has 206 valence electrons. The average Bonchev–Trinajstić information content (AvgIpc) is 3.38. The van der Waals surface area contributed by atoms with Gasteiger partial charge >= 0.3 is 0 Å². The van der Waals surface area contributed by atoms with Crippen LogP contribution in [0.2, 0.25) is 0 Å². The number of nitrogens with zero attached hydrogens (tertiary/aromatic N) is 2. The molecular weight excluding hydrogens is 508 g/mol. The highest BCUT2D eigenvalue weighted by Gasteiger charge is 2.38. The predicted molar refractivity (Wildman–Crippen MR) is 144 cm³/mol. The largest absolute Gasteiger partial charge is 0.391 e. The molecular formula is C26H36N6O5S. The maximum absolute atomic E-state index is 13.5. The van der Waals surface area contributed by atoms with Crippen molar-refractivity contribution in [2.24, 2.45) is 11.7 Å². The van der Waals surface area contributed by atoms with E-state index in [1.807, 2.05) is 18.2 Å². The summed E-state index contributed by atoms with van der Waals surface area (Å²) in [6.07, 6.45) is 1.55. The van der Waals surface area contributed by atoms with Crippen LogP contribution in [0.15, 0.2) is 47.4 Å². The first-order valence-electron chi connectivity index (χ1n) is 12.9. The number of carbonyl (C=O) groups is 2. The summed E-state index contributed by atoms with van der Waals surface area (Å²) in [6.45, 7) is 3.05. The molecule has 0 bridgehead atoms. The molecule has 4 atom stereocenters. The normalized spacial score (nSPS) is 21.7. The van der Waals surface area contributed by atoms with Gasteiger partial charge in [0, 0.05) is 32.2 Å². The molecule has 11 nitrogen and oxygen atoms in total. The van der Waals surface area contributed by atoms with Crippen molar-refractivity contribution in [1.82, 2.24) is 19.8 Å². The Morgan fingerprint density at radius 3 is 2.55 bits per heavy atom. The molecule has 2 heterocycles. The number of sulfonamides is 1. The molecule has 0 aromatic heterocycles. The van der Waals surface area contributed by atoms with E-state index in [0.717, 1.165) is 17.2 Å². The van der Waals surface area contributed by atoms with Crippen molar-refractivity contribution in [1.29, 1.82) is 5.41 Å². The van der Waals surface area contributed by atoms with Crippen LogP contribution in [0.1, 0.15) is 32.6 Å². The lowest BCUT2D eigenvalue weighted by molar-refractivity contribution is -0.137. The molecule has 4 rings (SSSR count). The molecule has 0 unspecified atom stereocenters. The standard InChI is InChI=1S/C26H36N6O5S/c1-17(33)23(30-38(36,37)22-11-10-18-6-2-3-7-19(18)14-22)25(35)32-13-5-9-21(32)15-29-24(34)20-8-4-12-31(16-20)26(27)28/h2-3,6-7,10-11,14,17,20-21,23,30,33H,4-5,8-9,12-13,15-16H2,1H3,(H3,27,28)(H,29,34)/t17-,20-,21-,23-/m0/s1. The summed E-state index contributed by atoms with van der Waals surface area (Å²) in [6, 6.07) is 10.4. The van der Waals surface area contributed by atoms with Crippen LogP contribution in [0, 0.1) is 11.3 Å². The lowest BCUT2D eigenvalue weighted by Crippen LogP contribution is -2.56.